The van der Waals surface area contributed by atoms with Crippen LogP contribution in [-0.4, -0.2) is 60.5 Å². The van der Waals surface area contributed by atoms with Crippen LogP contribution in [0.4, 0.5) is 10.1 Å². The summed E-state index contributed by atoms with van der Waals surface area (Å²) in [7, 11) is 2.12. The van der Waals surface area contributed by atoms with E-state index in [9.17, 15) is 9.18 Å². The predicted octanol–water partition coefficient (Wildman–Crippen LogP) is 2.08. The molecule has 0 aliphatic carbocycles. The number of anilines is 1. The number of imidazole rings is 1. The number of nitrogens with zero attached hydrogens (tertiary/aromatic N) is 3. The maximum absolute atomic E-state index is 14.5. The smallest absolute Gasteiger partial charge is 0.257 e. The molecule has 0 radical (unpaired) electrons. The summed E-state index contributed by atoms with van der Waals surface area (Å²) in [5.41, 5.74) is 9.27. The summed E-state index contributed by atoms with van der Waals surface area (Å²) in [4.78, 5) is 24.9. The number of nitrogens with one attached hydrogen (secondary N) is 2. The van der Waals surface area contributed by atoms with Crippen molar-refractivity contribution < 1.29 is 9.18 Å². The highest BCUT2D eigenvalue weighted by molar-refractivity contribution is 6.21. The number of carbonyl (C=O) groups excluding carboxylic acids is 1. The molecule has 4 N–H and O–H groups in total. The molecule has 1 fully saturated rings. The monoisotopic (exact) mass is 408 g/mol. The first-order valence-electron chi connectivity index (χ1n) is 9.87. The fourth-order valence-corrected chi connectivity index (χ4v) is 3.70. The predicted molar refractivity (Wildman–Crippen MR) is 117 cm³/mol. The summed E-state index contributed by atoms with van der Waals surface area (Å²) in [6, 6.07) is 5.98. The van der Waals surface area contributed by atoms with Gasteiger partial charge in [0, 0.05) is 44.0 Å². The normalized spacial score (nSPS) is 20.2. The van der Waals surface area contributed by atoms with E-state index in [4.69, 9.17) is 5.73 Å². The zero-order chi connectivity index (χ0) is 21.3. The number of fused-ring (bicyclic) bond motifs is 1. The molecule has 2 aliphatic heterocycles. The Morgan fingerprint density at radius 1 is 1.30 bits per heavy atom. The van der Waals surface area contributed by atoms with E-state index in [1.54, 1.807) is 0 Å². The molecule has 0 unspecified atom stereocenters. The maximum Gasteiger partial charge on any atom is 0.257 e. The highest BCUT2D eigenvalue weighted by atomic mass is 19.1. The molecule has 0 saturated carbocycles. The molecule has 8 heteroatoms. The van der Waals surface area contributed by atoms with Crippen LogP contribution >= 0.6 is 0 Å². The fourth-order valence-electron chi connectivity index (χ4n) is 3.70. The van der Waals surface area contributed by atoms with Gasteiger partial charge in [-0.05, 0) is 31.3 Å². The summed E-state index contributed by atoms with van der Waals surface area (Å²) < 4.78 is 14.5. The van der Waals surface area contributed by atoms with Crippen molar-refractivity contribution in [3.05, 3.63) is 65.9 Å². The average molecular weight is 408 g/mol. The Bertz CT molecular complexity index is 1090. The van der Waals surface area contributed by atoms with Crippen LogP contribution < -0.4 is 16.0 Å². The lowest BCUT2D eigenvalue weighted by molar-refractivity contribution is -0.115. The number of nitrogens with two attached hydrogens (primary N) is 1. The van der Waals surface area contributed by atoms with Crippen molar-refractivity contribution in [1.82, 2.24) is 20.2 Å². The standard InChI is InChI=1S/C22H25FN6O/c1-3-4-5-16(23)15-13-25-22(30)19(20(15)24)21-26-17-7-6-14(12-18(17)27-21)29-10-8-28(2)9-11-29/h3-7,12H,1,8-11,13,24H2,2H3,(H,25,30)(H,26,27)/b5-4-,16-15-. The van der Waals surface area contributed by atoms with E-state index in [-0.39, 0.29) is 29.3 Å². The molecule has 1 aromatic heterocycles. The number of allylic oxidation sites excluding steroid dienone is 4. The molecule has 3 heterocycles. The first-order valence-corrected chi connectivity index (χ1v) is 9.87. The van der Waals surface area contributed by atoms with Crippen LogP contribution in [0.15, 0.2) is 60.1 Å². The van der Waals surface area contributed by atoms with Gasteiger partial charge >= 0.3 is 0 Å². The second-order valence-electron chi connectivity index (χ2n) is 7.47. The van der Waals surface area contributed by atoms with Gasteiger partial charge in [-0.1, -0.05) is 18.7 Å². The van der Waals surface area contributed by atoms with Gasteiger partial charge in [0.1, 0.15) is 17.2 Å². The van der Waals surface area contributed by atoms with E-state index in [0.29, 0.717) is 5.82 Å². The number of rotatable bonds is 4. The molecule has 1 saturated heterocycles. The van der Waals surface area contributed by atoms with Gasteiger partial charge in [-0.25, -0.2) is 9.37 Å². The van der Waals surface area contributed by atoms with E-state index in [1.165, 1.54) is 18.2 Å². The summed E-state index contributed by atoms with van der Waals surface area (Å²) in [6.45, 7) is 7.48. The van der Waals surface area contributed by atoms with Gasteiger partial charge in [0.05, 0.1) is 16.7 Å². The van der Waals surface area contributed by atoms with Crippen molar-refractivity contribution in [2.24, 2.45) is 5.73 Å². The van der Waals surface area contributed by atoms with E-state index in [0.717, 1.165) is 42.9 Å². The quantitative estimate of drug-likeness (QED) is 0.674. The molecule has 1 aromatic carbocycles. The molecule has 7 nitrogen and oxygen atoms in total. The third-order valence-electron chi connectivity index (χ3n) is 5.48. The SMILES string of the molecule is C=C/C=C\C(F)=C1/CNC(=O)C(c2nc3ccc(N4CCN(C)CC4)cc3[nH]2)=C1N. The van der Waals surface area contributed by atoms with Crippen molar-refractivity contribution in [1.29, 1.82) is 0 Å². The largest absolute Gasteiger partial charge is 0.398 e. The van der Waals surface area contributed by atoms with E-state index in [1.807, 2.05) is 18.2 Å². The van der Waals surface area contributed by atoms with Crippen molar-refractivity contribution in [2.75, 3.05) is 44.7 Å². The zero-order valence-corrected chi connectivity index (χ0v) is 16.9. The number of halogens is 1. The minimum atomic E-state index is -0.515. The van der Waals surface area contributed by atoms with Gasteiger partial charge in [-0.2, -0.15) is 0 Å². The Balaban J connectivity index is 1.72. The zero-order valence-electron chi connectivity index (χ0n) is 16.9. The number of carbonyl (C=O) groups is 1. The van der Waals surface area contributed by atoms with Crippen molar-refractivity contribution in [3.63, 3.8) is 0 Å². The molecule has 4 rings (SSSR count). The molecular formula is C22H25FN6O. The third-order valence-corrected chi connectivity index (χ3v) is 5.48. The summed E-state index contributed by atoms with van der Waals surface area (Å²) >= 11 is 0. The molecular weight excluding hydrogens is 383 g/mol. The molecule has 0 atom stereocenters. The number of hydrogen-bond donors (Lipinski definition) is 3. The second kappa shape index (κ2) is 8.16. The molecule has 2 aliphatic rings. The Morgan fingerprint density at radius 3 is 2.80 bits per heavy atom. The molecule has 1 amide bonds. The van der Waals surface area contributed by atoms with Gasteiger partial charge in [-0.15, -0.1) is 0 Å². The number of benzene rings is 1. The Hall–Kier alpha value is -3.39. The summed E-state index contributed by atoms with van der Waals surface area (Å²) in [6.07, 6.45) is 4.22. The van der Waals surface area contributed by atoms with Crippen LogP contribution in [0.3, 0.4) is 0 Å². The number of aromatic nitrogens is 2. The topological polar surface area (TPSA) is 90.3 Å². The molecule has 2 aromatic rings. The highest BCUT2D eigenvalue weighted by Crippen LogP contribution is 2.28. The van der Waals surface area contributed by atoms with Gasteiger partial charge in [0.25, 0.3) is 5.91 Å². The summed E-state index contributed by atoms with van der Waals surface area (Å²) in [5.74, 6) is -0.568. The number of amides is 1. The van der Waals surface area contributed by atoms with E-state index in [2.05, 4.69) is 38.7 Å². The van der Waals surface area contributed by atoms with Crippen molar-refractivity contribution >= 4 is 28.2 Å². The lowest BCUT2D eigenvalue weighted by Gasteiger charge is -2.34. The van der Waals surface area contributed by atoms with Gasteiger partial charge in [0.15, 0.2) is 0 Å². The van der Waals surface area contributed by atoms with Crippen LogP contribution in [-0.2, 0) is 4.79 Å². The van der Waals surface area contributed by atoms with E-state index >= 15 is 0 Å². The Morgan fingerprint density at radius 2 is 2.07 bits per heavy atom. The van der Waals surface area contributed by atoms with Crippen LogP contribution in [0, 0.1) is 0 Å². The molecule has 0 bridgehead atoms. The van der Waals surface area contributed by atoms with Crippen LogP contribution in [0.2, 0.25) is 0 Å². The third kappa shape index (κ3) is 3.73. The molecule has 30 heavy (non-hydrogen) atoms. The Labute approximate surface area is 174 Å². The lowest BCUT2D eigenvalue weighted by atomic mass is 10.0. The van der Waals surface area contributed by atoms with Crippen LogP contribution in [0.1, 0.15) is 5.82 Å². The van der Waals surface area contributed by atoms with Crippen LogP contribution in [0.25, 0.3) is 16.6 Å². The number of aromatic amines is 1. The highest BCUT2D eigenvalue weighted by Gasteiger charge is 2.28. The van der Waals surface area contributed by atoms with E-state index < -0.39 is 5.83 Å². The summed E-state index contributed by atoms with van der Waals surface area (Å²) in [5, 5.41) is 2.67. The minimum absolute atomic E-state index is 0.0231. The van der Waals surface area contributed by atoms with Crippen molar-refractivity contribution in [2.45, 2.75) is 0 Å². The van der Waals surface area contributed by atoms with Gasteiger partial charge in [-0.3, -0.25) is 4.79 Å². The maximum atomic E-state index is 14.5. The van der Waals surface area contributed by atoms with Crippen molar-refractivity contribution in [3.8, 4) is 0 Å². The second-order valence-corrected chi connectivity index (χ2v) is 7.47. The Kier molecular flexibility index (Phi) is 5.41. The number of likely N-dealkylation sites (N-methyl/N-ethyl adjacent to an activating group) is 1. The number of piperazine rings is 1. The first-order chi connectivity index (χ1) is 14.5. The van der Waals surface area contributed by atoms with Crippen LogP contribution in [0.5, 0.6) is 0 Å². The number of hydrogen-bond acceptors (Lipinski definition) is 5. The van der Waals surface area contributed by atoms with Gasteiger partial charge in [0.2, 0.25) is 0 Å². The first kappa shape index (κ1) is 19.9. The fraction of sp³-hybridized carbons (Fsp3) is 0.273. The average Bonchev–Trinajstić information content (AvgIpc) is 3.15. The van der Waals surface area contributed by atoms with Gasteiger partial charge < -0.3 is 25.8 Å². The molecule has 0 spiro atoms. The lowest BCUT2D eigenvalue weighted by Crippen LogP contribution is -2.44. The number of H-pyrrole nitrogens is 1. The molecule has 156 valence electrons. The minimum Gasteiger partial charge on any atom is -0.398 e.